The van der Waals surface area contributed by atoms with Crippen molar-refractivity contribution in [1.82, 2.24) is 9.97 Å². The molecule has 1 aromatic rings. The van der Waals surface area contributed by atoms with Crippen molar-refractivity contribution in [2.75, 3.05) is 5.75 Å². The molecule has 82 valence electrons. The van der Waals surface area contributed by atoms with Gasteiger partial charge in [0.05, 0.1) is 20.3 Å². The molecule has 0 spiro atoms. The second-order valence-electron chi connectivity index (χ2n) is 4.88. The molecule has 1 aliphatic rings. The van der Waals surface area contributed by atoms with E-state index in [1.807, 2.05) is 20.8 Å². The average Bonchev–Trinajstić information content (AvgIpc) is 2.41. The molecule has 1 atom stereocenters. The summed E-state index contributed by atoms with van der Waals surface area (Å²) in [4.78, 5) is 9.15. The van der Waals surface area contributed by atoms with Crippen LogP contribution in [-0.2, 0) is 21.6 Å². The Balaban J connectivity index is 2.56. The predicted octanol–water partition coefficient (Wildman–Crippen LogP) is 1.74. The van der Waals surface area contributed by atoms with Gasteiger partial charge in [-0.15, -0.1) is 0 Å². The average molecular weight is 225 g/mol. The second-order valence-corrected chi connectivity index (χ2v) is 7.08. The standard InChI is InChI=1S/C10H15N3OS/c1-10(2,3)9-12-6-8-7(13-9)4-5-15(8,11)14/h6,11H,4-5H2,1-3H3. The zero-order chi connectivity index (χ0) is 11.3. The zero-order valence-electron chi connectivity index (χ0n) is 9.20. The molecule has 0 aromatic carbocycles. The van der Waals surface area contributed by atoms with Gasteiger partial charge in [-0.3, -0.25) is 0 Å². The summed E-state index contributed by atoms with van der Waals surface area (Å²) in [6.07, 6.45) is 2.22. The summed E-state index contributed by atoms with van der Waals surface area (Å²) in [6, 6.07) is 0. The van der Waals surface area contributed by atoms with Crippen molar-refractivity contribution in [3.8, 4) is 0 Å². The summed E-state index contributed by atoms with van der Waals surface area (Å²) < 4.78 is 19.4. The first kappa shape index (κ1) is 10.5. The van der Waals surface area contributed by atoms with Crippen LogP contribution in [0.15, 0.2) is 11.1 Å². The number of hydrogen-bond donors (Lipinski definition) is 1. The summed E-state index contributed by atoms with van der Waals surface area (Å²) in [5, 5.41) is 0. The first-order valence-corrected chi connectivity index (χ1v) is 6.66. The number of rotatable bonds is 0. The Morgan fingerprint density at radius 2 is 2.13 bits per heavy atom. The fraction of sp³-hybridized carbons (Fsp3) is 0.600. The van der Waals surface area contributed by atoms with Crippen LogP contribution in [0.1, 0.15) is 32.3 Å². The molecule has 2 rings (SSSR count). The van der Waals surface area contributed by atoms with Gasteiger partial charge in [-0.05, 0) is 0 Å². The van der Waals surface area contributed by atoms with Crippen LogP contribution in [0.5, 0.6) is 0 Å². The summed E-state index contributed by atoms with van der Waals surface area (Å²) in [7, 11) is -2.59. The number of hydrogen-bond acceptors (Lipinski definition) is 4. The second kappa shape index (κ2) is 3.01. The summed E-state index contributed by atoms with van der Waals surface area (Å²) in [5.74, 6) is 1.16. The normalized spacial score (nSPS) is 25.3. The molecule has 0 bridgehead atoms. The molecule has 0 amide bonds. The fourth-order valence-corrected chi connectivity index (χ4v) is 3.02. The Kier molecular flexibility index (Phi) is 2.12. The number of aromatic nitrogens is 2. The van der Waals surface area contributed by atoms with E-state index in [9.17, 15) is 4.21 Å². The van der Waals surface area contributed by atoms with E-state index < -0.39 is 9.73 Å². The van der Waals surface area contributed by atoms with Crippen LogP contribution in [0.4, 0.5) is 0 Å². The third kappa shape index (κ3) is 1.76. The minimum Gasteiger partial charge on any atom is -0.249 e. The van der Waals surface area contributed by atoms with Gasteiger partial charge in [0, 0.05) is 23.8 Å². The molecule has 2 heterocycles. The molecule has 1 aliphatic heterocycles. The summed E-state index contributed by atoms with van der Waals surface area (Å²) >= 11 is 0. The van der Waals surface area contributed by atoms with Gasteiger partial charge < -0.3 is 0 Å². The van der Waals surface area contributed by atoms with E-state index in [-0.39, 0.29) is 5.41 Å². The van der Waals surface area contributed by atoms with Crippen molar-refractivity contribution >= 4 is 9.73 Å². The lowest BCUT2D eigenvalue weighted by molar-refractivity contribution is 0.539. The highest BCUT2D eigenvalue weighted by Gasteiger charge is 2.27. The molecule has 0 saturated carbocycles. The molecule has 15 heavy (non-hydrogen) atoms. The smallest absolute Gasteiger partial charge is 0.133 e. The molecule has 4 nitrogen and oxygen atoms in total. The SMILES string of the molecule is CC(C)(C)c1ncc2c(n1)CCS2(=N)=O. The molecule has 1 aromatic heterocycles. The molecule has 1 unspecified atom stereocenters. The number of aryl methyl sites for hydroxylation is 1. The Bertz CT molecular complexity index is 500. The van der Waals surface area contributed by atoms with Crippen molar-refractivity contribution in [1.29, 1.82) is 4.78 Å². The van der Waals surface area contributed by atoms with E-state index in [1.54, 1.807) is 6.20 Å². The monoisotopic (exact) mass is 225 g/mol. The molecular weight excluding hydrogens is 210 g/mol. The van der Waals surface area contributed by atoms with Gasteiger partial charge >= 0.3 is 0 Å². The van der Waals surface area contributed by atoms with Crippen molar-refractivity contribution in [3.63, 3.8) is 0 Å². The maximum atomic E-state index is 11.8. The Hall–Kier alpha value is -0.970. The number of nitrogens with zero attached hydrogens (tertiary/aromatic N) is 2. The maximum absolute atomic E-state index is 11.8. The van der Waals surface area contributed by atoms with Gasteiger partial charge in [0.25, 0.3) is 0 Å². The third-order valence-corrected chi connectivity index (χ3v) is 4.31. The molecule has 5 heteroatoms. The van der Waals surface area contributed by atoms with E-state index in [1.165, 1.54) is 0 Å². The largest absolute Gasteiger partial charge is 0.249 e. The van der Waals surface area contributed by atoms with Crippen LogP contribution < -0.4 is 0 Å². The van der Waals surface area contributed by atoms with Gasteiger partial charge in [-0.1, -0.05) is 20.8 Å². The van der Waals surface area contributed by atoms with Crippen LogP contribution in [0.3, 0.4) is 0 Å². The van der Waals surface area contributed by atoms with E-state index >= 15 is 0 Å². The number of fused-ring (bicyclic) bond motifs is 1. The quantitative estimate of drug-likeness (QED) is 0.731. The topological polar surface area (TPSA) is 66.7 Å². The Morgan fingerprint density at radius 1 is 1.47 bits per heavy atom. The maximum Gasteiger partial charge on any atom is 0.133 e. The number of nitrogens with one attached hydrogen (secondary N) is 1. The molecule has 0 aliphatic carbocycles. The molecule has 0 fully saturated rings. The predicted molar refractivity (Wildman–Crippen MR) is 58.4 cm³/mol. The van der Waals surface area contributed by atoms with Crippen LogP contribution in [-0.4, -0.2) is 19.9 Å². The van der Waals surface area contributed by atoms with Crippen LogP contribution in [0.2, 0.25) is 0 Å². The summed E-state index contributed by atoms with van der Waals surface area (Å²) in [5.41, 5.74) is 0.704. The van der Waals surface area contributed by atoms with Gasteiger partial charge in [-0.2, -0.15) is 0 Å². The van der Waals surface area contributed by atoms with Crippen LogP contribution in [0, 0.1) is 4.78 Å². The van der Waals surface area contributed by atoms with E-state index in [2.05, 4.69) is 9.97 Å². The Labute approximate surface area is 90.1 Å². The van der Waals surface area contributed by atoms with Crippen LogP contribution in [0.25, 0.3) is 0 Å². The van der Waals surface area contributed by atoms with E-state index in [0.717, 1.165) is 11.5 Å². The summed E-state index contributed by atoms with van der Waals surface area (Å²) in [6.45, 7) is 6.13. The van der Waals surface area contributed by atoms with Gasteiger partial charge in [-0.25, -0.2) is 19.0 Å². The van der Waals surface area contributed by atoms with Crippen molar-refractivity contribution < 1.29 is 4.21 Å². The van der Waals surface area contributed by atoms with Crippen molar-refractivity contribution in [3.05, 3.63) is 17.7 Å². The third-order valence-electron chi connectivity index (χ3n) is 2.48. The first-order valence-electron chi connectivity index (χ1n) is 4.93. The zero-order valence-corrected chi connectivity index (χ0v) is 10.0. The van der Waals surface area contributed by atoms with Crippen LogP contribution >= 0.6 is 0 Å². The van der Waals surface area contributed by atoms with Gasteiger partial charge in [0.15, 0.2) is 0 Å². The highest BCUT2D eigenvalue weighted by Crippen LogP contribution is 2.26. The molecular formula is C10H15N3OS. The Morgan fingerprint density at radius 3 is 2.73 bits per heavy atom. The van der Waals surface area contributed by atoms with Crippen molar-refractivity contribution in [2.45, 2.75) is 37.5 Å². The van der Waals surface area contributed by atoms with Crippen molar-refractivity contribution in [2.24, 2.45) is 0 Å². The highest BCUT2D eigenvalue weighted by molar-refractivity contribution is 7.92. The van der Waals surface area contributed by atoms with E-state index in [0.29, 0.717) is 17.1 Å². The minimum atomic E-state index is -2.59. The van der Waals surface area contributed by atoms with Gasteiger partial charge in [0.1, 0.15) is 5.82 Å². The minimum absolute atomic E-state index is 0.0967. The fourth-order valence-electron chi connectivity index (χ4n) is 1.57. The molecule has 1 N–H and O–H groups in total. The van der Waals surface area contributed by atoms with E-state index in [4.69, 9.17) is 4.78 Å². The first-order chi connectivity index (χ1) is 6.81. The lowest BCUT2D eigenvalue weighted by Gasteiger charge is -2.16. The highest BCUT2D eigenvalue weighted by atomic mass is 32.2. The molecule has 0 radical (unpaired) electrons. The lowest BCUT2D eigenvalue weighted by Crippen LogP contribution is -2.17. The molecule has 0 saturated heterocycles. The van der Waals surface area contributed by atoms with Gasteiger partial charge in [0.2, 0.25) is 0 Å². The lowest BCUT2D eigenvalue weighted by atomic mass is 9.95.